The van der Waals surface area contributed by atoms with E-state index >= 15 is 0 Å². The zero-order valence-electron chi connectivity index (χ0n) is 17.8. The Bertz CT molecular complexity index is 1320. The summed E-state index contributed by atoms with van der Waals surface area (Å²) >= 11 is 0. The summed E-state index contributed by atoms with van der Waals surface area (Å²) in [6, 6.07) is 11.7. The molecule has 0 heterocycles. The zero-order chi connectivity index (χ0) is 24.8. The van der Waals surface area contributed by atoms with Gasteiger partial charge in [0.25, 0.3) is 0 Å². The Morgan fingerprint density at radius 1 is 1.15 bits per heavy atom. The number of halogens is 2. The van der Waals surface area contributed by atoms with Crippen molar-refractivity contribution in [3.63, 3.8) is 0 Å². The molecule has 8 nitrogen and oxygen atoms in total. The van der Waals surface area contributed by atoms with Gasteiger partial charge in [0.15, 0.2) is 23.5 Å². The number of phenolic OH excluding ortho intramolecular Hbond substituents is 1. The molecule has 0 aliphatic rings. The zero-order valence-corrected chi connectivity index (χ0v) is 17.8. The van der Waals surface area contributed by atoms with Crippen LogP contribution in [0.2, 0.25) is 0 Å². The number of nitrogens with one attached hydrogen (secondary N) is 2. The van der Waals surface area contributed by atoms with E-state index in [4.69, 9.17) is 15.5 Å². The van der Waals surface area contributed by atoms with E-state index in [1.165, 1.54) is 49.6 Å². The predicted octanol–water partition coefficient (Wildman–Crippen LogP) is 4.69. The van der Waals surface area contributed by atoms with Gasteiger partial charge in [-0.15, -0.1) is 0 Å². The first kappa shape index (κ1) is 24.0. The van der Waals surface area contributed by atoms with Crippen molar-refractivity contribution in [3.05, 3.63) is 88.5 Å². The number of amides is 1. The Labute approximate surface area is 192 Å². The van der Waals surface area contributed by atoms with Gasteiger partial charge >= 0.3 is 0 Å². The smallest absolute Gasteiger partial charge is 0.228 e. The third-order valence-electron chi connectivity index (χ3n) is 4.94. The standard InChI is InChI=1S/C24H18F2N4O4/c1-34-21-11-16(29-22(32)9-13-2-6-18(25)19(26)8-13)4-5-17(21)23(30-28)24(33)14-3-7-20(31)15(10-14)12-27/h2-8,10-11,23,28,31H,9H2,1H3,(H,29,32). The van der Waals surface area contributed by atoms with Crippen molar-refractivity contribution >= 4 is 17.4 Å². The monoisotopic (exact) mass is 464 g/mol. The molecule has 3 aromatic rings. The molecular weight excluding hydrogens is 446 g/mol. The van der Waals surface area contributed by atoms with E-state index in [2.05, 4.69) is 10.4 Å². The number of nitriles is 1. The lowest BCUT2D eigenvalue weighted by Gasteiger charge is -2.16. The first-order chi connectivity index (χ1) is 16.3. The maximum atomic E-state index is 13.4. The van der Waals surface area contributed by atoms with E-state index < -0.39 is 29.4 Å². The molecule has 0 aliphatic carbocycles. The number of ether oxygens (including phenoxy) is 1. The van der Waals surface area contributed by atoms with Gasteiger partial charge in [-0.3, -0.25) is 9.59 Å². The fraction of sp³-hybridized carbons (Fsp3) is 0.125. The van der Waals surface area contributed by atoms with E-state index in [1.54, 1.807) is 6.07 Å². The van der Waals surface area contributed by atoms with E-state index in [9.17, 15) is 23.5 Å². The summed E-state index contributed by atoms with van der Waals surface area (Å²) in [5, 5.41) is 24.7. The Balaban J connectivity index is 1.82. The minimum absolute atomic E-state index is 0.0707. The first-order valence-corrected chi connectivity index (χ1v) is 9.83. The molecule has 0 saturated heterocycles. The summed E-state index contributed by atoms with van der Waals surface area (Å²) in [6.07, 6.45) is -0.202. The van der Waals surface area contributed by atoms with Crippen LogP contribution in [0.3, 0.4) is 0 Å². The molecule has 10 heteroatoms. The number of ketones is 1. The number of hydrogen-bond donors (Lipinski definition) is 3. The number of benzene rings is 3. The van der Waals surface area contributed by atoms with Crippen LogP contribution < -0.4 is 10.1 Å². The highest BCUT2D eigenvalue weighted by atomic mass is 19.2. The van der Waals surface area contributed by atoms with Crippen molar-refractivity contribution < 1.29 is 28.2 Å². The molecule has 0 aromatic heterocycles. The lowest BCUT2D eigenvalue weighted by molar-refractivity contribution is -0.115. The van der Waals surface area contributed by atoms with Gasteiger partial charge in [0.05, 0.1) is 19.1 Å². The topological polar surface area (TPSA) is 136 Å². The number of hydrogen-bond acceptors (Lipinski definition) is 7. The van der Waals surface area contributed by atoms with Gasteiger partial charge in [0.1, 0.15) is 17.6 Å². The number of rotatable bonds is 8. The summed E-state index contributed by atoms with van der Waals surface area (Å²) in [5.74, 6) is -3.27. The number of anilines is 1. The van der Waals surface area contributed by atoms with Crippen molar-refractivity contribution in [2.75, 3.05) is 12.4 Å². The molecule has 34 heavy (non-hydrogen) atoms. The minimum Gasteiger partial charge on any atom is -0.507 e. The third kappa shape index (κ3) is 5.21. The molecule has 3 N–H and O–H groups in total. The molecule has 0 bridgehead atoms. The number of Topliss-reactive ketones (excluding diaryl/α,β-unsaturated/α-hetero) is 1. The molecule has 1 unspecified atom stereocenters. The second-order valence-corrected chi connectivity index (χ2v) is 7.17. The molecule has 1 atom stereocenters. The lowest BCUT2D eigenvalue weighted by atomic mass is 9.95. The number of carbonyl (C=O) groups excluding carboxylic acids is 2. The molecular formula is C24H18F2N4O4. The van der Waals surface area contributed by atoms with Crippen LogP contribution in [0, 0.1) is 28.5 Å². The van der Waals surface area contributed by atoms with Crippen molar-refractivity contribution in [1.82, 2.24) is 0 Å². The second-order valence-electron chi connectivity index (χ2n) is 7.17. The van der Waals surface area contributed by atoms with E-state index in [-0.39, 0.29) is 40.2 Å². The number of phenols is 1. The van der Waals surface area contributed by atoms with E-state index in [0.29, 0.717) is 5.69 Å². The molecule has 172 valence electrons. The minimum atomic E-state index is -1.29. The number of nitrogens with zero attached hydrogens (tertiary/aromatic N) is 2. The molecule has 0 radical (unpaired) electrons. The molecule has 0 spiro atoms. The molecule has 1 amide bonds. The molecule has 0 fully saturated rings. The maximum Gasteiger partial charge on any atom is 0.228 e. The summed E-state index contributed by atoms with van der Waals surface area (Å²) in [5.41, 5.74) is 8.33. The van der Waals surface area contributed by atoms with Crippen molar-refractivity contribution in [3.8, 4) is 17.6 Å². The quantitative estimate of drug-likeness (QED) is 0.328. The van der Waals surface area contributed by atoms with Crippen LogP contribution in [0.15, 0.2) is 59.7 Å². The first-order valence-electron chi connectivity index (χ1n) is 9.83. The Morgan fingerprint density at radius 3 is 2.56 bits per heavy atom. The van der Waals surface area contributed by atoms with Crippen LogP contribution in [0.25, 0.3) is 0 Å². The summed E-state index contributed by atoms with van der Waals surface area (Å²) < 4.78 is 31.7. The molecule has 0 aliphatic heterocycles. The van der Waals surface area contributed by atoms with E-state index in [1.807, 2.05) is 0 Å². The van der Waals surface area contributed by atoms with Crippen molar-refractivity contribution in [1.29, 1.82) is 10.8 Å². The van der Waals surface area contributed by atoms with Gasteiger partial charge in [-0.25, -0.2) is 14.3 Å². The predicted molar refractivity (Wildman–Crippen MR) is 117 cm³/mol. The average molecular weight is 464 g/mol. The van der Waals surface area contributed by atoms with Gasteiger partial charge in [-0.1, -0.05) is 12.1 Å². The fourth-order valence-electron chi connectivity index (χ4n) is 3.26. The fourth-order valence-corrected chi connectivity index (χ4v) is 3.26. The van der Waals surface area contributed by atoms with Crippen LogP contribution in [0.5, 0.6) is 11.5 Å². The highest BCUT2D eigenvalue weighted by Gasteiger charge is 2.26. The number of carbonyl (C=O) groups is 2. The third-order valence-corrected chi connectivity index (χ3v) is 4.94. The van der Waals surface area contributed by atoms with Crippen LogP contribution in [-0.2, 0) is 11.2 Å². The molecule has 0 saturated carbocycles. The summed E-state index contributed by atoms with van der Waals surface area (Å²) in [6.45, 7) is 0. The van der Waals surface area contributed by atoms with Gasteiger partial charge in [0.2, 0.25) is 5.91 Å². The van der Waals surface area contributed by atoms with Gasteiger partial charge < -0.3 is 15.2 Å². The second kappa shape index (κ2) is 10.3. The molecule has 3 aromatic carbocycles. The Kier molecular flexibility index (Phi) is 7.28. The highest BCUT2D eigenvalue weighted by molar-refractivity contribution is 6.01. The van der Waals surface area contributed by atoms with Gasteiger partial charge in [-0.05, 0) is 42.0 Å². The van der Waals surface area contributed by atoms with Gasteiger partial charge in [-0.2, -0.15) is 10.4 Å². The van der Waals surface area contributed by atoms with Crippen molar-refractivity contribution in [2.24, 2.45) is 5.11 Å². The summed E-state index contributed by atoms with van der Waals surface area (Å²) in [4.78, 5) is 25.3. The van der Waals surface area contributed by atoms with Gasteiger partial charge in [0, 0.05) is 22.9 Å². The van der Waals surface area contributed by atoms with Crippen LogP contribution >= 0.6 is 0 Å². The van der Waals surface area contributed by atoms with Crippen molar-refractivity contribution in [2.45, 2.75) is 12.5 Å². The normalized spacial score (nSPS) is 11.2. The molecule has 3 rings (SSSR count). The average Bonchev–Trinajstić information content (AvgIpc) is 2.82. The Hall–Kier alpha value is -4.65. The number of methoxy groups -OCH3 is 1. The van der Waals surface area contributed by atoms with Crippen LogP contribution in [0.4, 0.5) is 14.5 Å². The summed E-state index contributed by atoms with van der Waals surface area (Å²) in [7, 11) is 1.34. The highest BCUT2D eigenvalue weighted by Crippen LogP contribution is 2.33. The lowest BCUT2D eigenvalue weighted by Crippen LogP contribution is -2.15. The Morgan fingerprint density at radius 2 is 1.91 bits per heavy atom. The van der Waals surface area contributed by atoms with Crippen LogP contribution in [-0.4, -0.2) is 23.9 Å². The SMILES string of the molecule is COc1cc(NC(=O)Cc2ccc(F)c(F)c2)ccc1C(N=N)C(=O)c1ccc(O)c(C#N)c1. The largest absolute Gasteiger partial charge is 0.507 e. The number of aromatic hydroxyl groups is 1. The van der Waals surface area contributed by atoms with E-state index in [0.717, 1.165) is 12.1 Å². The maximum absolute atomic E-state index is 13.4. The van der Waals surface area contributed by atoms with Crippen LogP contribution in [0.1, 0.15) is 33.1 Å².